The molecule has 150 valence electrons. The van der Waals surface area contributed by atoms with E-state index in [9.17, 15) is 5.11 Å². The van der Waals surface area contributed by atoms with Crippen LogP contribution in [0.5, 0.6) is 0 Å². The molecule has 8 heteroatoms. The molecule has 0 saturated heterocycles. The van der Waals surface area contributed by atoms with Crippen LogP contribution in [0.15, 0.2) is 54.9 Å². The molecule has 0 fully saturated rings. The van der Waals surface area contributed by atoms with Crippen molar-refractivity contribution in [1.82, 2.24) is 24.9 Å². The first-order valence-corrected chi connectivity index (χ1v) is 8.97. The maximum atomic E-state index is 10.6. The molecule has 4 aromatic rings. The minimum Gasteiger partial charge on any atom is -0.382 e. The monoisotopic (exact) mass is 416 g/mol. The molecule has 3 heterocycles. The fraction of sp³-hybridized carbons (Fsp3) is 0.136. The lowest BCUT2D eigenvalue weighted by Crippen LogP contribution is -2.21. The molecule has 1 aromatic carbocycles. The van der Waals surface area contributed by atoms with Crippen LogP contribution in [0.1, 0.15) is 24.1 Å². The van der Waals surface area contributed by atoms with Crippen molar-refractivity contribution in [2.75, 3.05) is 5.73 Å². The van der Waals surface area contributed by atoms with E-state index >= 15 is 0 Å². The summed E-state index contributed by atoms with van der Waals surface area (Å²) in [6.07, 6.45) is 3.14. The zero-order valence-electron chi connectivity index (χ0n) is 16.5. The quantitative estimate of drug-likeness (QED) is 0.483. The molecule has 0 aliphatic carbocycles. The Morgan fingerprint density at radius 1 is 1.00 bits per heavy atom. The van der Waals surface area contributed by atoms with Crippen LogP contribution in [-0.2, 0) is 5.60 Å². The molecule has 30 heavy (non-hydrogen) atoms. The summed E-state index contributed by atoms with van der Waals surface area (Å²) in [6.45, 7) is 3.36. The van der Waals surface area contributed by atoms with Gasteiger partial charge in [-0.15, -0.1) is 0 Å². The Morgan fingerprint density at radius 3 is 2.53 bits per heavy atom. The van der Waals surface area contributed by atoms with E-state index in [2.05, 4.69) is 36.8 Å². The Morgan fingerprint density at radius 2 is 1.77 bits per heavy atom. The highest BCUT2D eigenvalue weighted by Gasteiger charge is 2.23. The molecule has 4 rings (SSSR count). The normalized spacial score (nSPS) is 12.4. The molecular weight excluding hydrogens is 396 g/mol. The summed E-state index contributed by atoms with van der Waals surface area (Å²) in [5.41, 5.74) is 8.15. The number of benzene rings is 1. The van der Waals surface area contributed by atoms with E-state index in [0.717, 1.165) is 16.8 Å². The van der Waals surface area contributed by atoms with Gasteiger partial charge in [-0.2, -0.15) is 13.5 Å². The number of hydrogen-bond acceptors (Lipinski definition) is 7. The van der Waals surface area contributed by atoms with Crippen molar-refractivity contribution < 1.29 is 5.11 Å². The number of rotatable bonds is 2. The molecule has 0 unspecified atom stereocenters. The number of nitrogens with zero attached hydrogens (tertiary/aromatic N) is 5. The Bertz CT molecular complexity index is 1270. The van der Waals surface area contributed by atoms with Gasteiger partial charge in [-0.05, 0) is 44.2 Å². The first-order valence-electron chi connectivity index (χ1n) is 8.97. The highest BCUT2D eigenvalue weighted by Crippen LogP contribution is 2.23. The largest absolute Gasteiger partial charge is 0.382 e. The SMILES string of the molecule is Cc1nc(N)c2nc(-c3cccc(C#C[C@](C)(O)c4ncccn4)c3)ccc2n1.S. The predicted molar refractivity (Wildman–Crippen MR) is 121 cm³/mol. The van der Waals surface area contributed by atoms with Crippen molar-refractivity contribution in [3.05, 3.63) is 72.1 Å². The number of hydrogen-bond donors (Lipinski definition) is 2. The van der Waals surface area contributed by atoms with E-state index in [0.29, 0.717) is 22.7 Å². The van der Waals surface area contributed by atoms with E-state index in [1.165, 1.54) is 0 Å². The molecule has 7 nitrogen and oxygen atoms in total. The van der Waals surface area contributed by atoms with Gasteiger partial charge in [0.25, 0.3) is 0 Å². The summed E-state index contributed by atoms with van der Waals surface area (Å²) in [5, 5.41) is 10.6. The highest BCUT2D eigenvalue weighted by atomic mass is 32.1. The van der Waals surface area contributed by atoms with Gasteiger partial charge < -0.3 is 10.8 Å². The highest BCUT2D eigenvalue weighted by molar-refractivity contribution is 7.59. The van der Waals surface area contributed by atoms with Crippen molar-refractivity contribution in [2.45, 2.75) is 19.4 Å². The lowest BCUT2D eigenvalue weighted by Gasteiger charge is -2.13. The summed E-state index contributed by atoms with van der Waals surface area (Å²) >= 11 is 0. The first kappa shape index (κ1) is 21.2. The Hall–Kier alpha value is -3.54. The van der Waals surface area contributed by atoms with Gasteiger partial charge in [-0.1, -0.05) is 24.0 Å². The fourth-order valence-corrected chi connectivity index (χ4v) is 2.87. The van der Waals surface area contributed by atoms with Gasteiger partial charge >= 0.3 is 0 Å². The van der Waals surface area contributed by atoms with Crippen molar-refractivity contribution in [2.24, 2.45) is 0 Å². The molecule has 3 N–H and O–H groups in total. The lowest BCUT2D eigenvalue weighted by molar-refractivity contribution is 0.112. The van der Waals surface area contributed by atoms with Crippen LogP contribution in [-0.4, -0.2) is 30.0 Å². The van der Waals surface area contributed by atoms with Gasteiger partial charge in [0, 0.05) is 23.5 Å². The van der Waals surface area contributed by atoms with Crippen LogP contribution in [0.25, 0.3) is 22.3 Å². The average Bonchev–Trinajstić information content (AvgIpc) is 2.73. The molecule has 0 bridgehead atoms. The summed E-state index contributed by atoms with van der Waals surface area (Å²) in [5.74, 6) is 7.04. The molecular formula is C22H20N6OS. The number of pyridine rings is 1. The van der Waals surface area contributed by atoms with Crippen molar-refractivity contribution in [3.8, 4) is 23.1 Å². The van der Waals surface area contributed by atoms with Gasteiger partial charge in [0.2, 0.25) is 0 Å². The maximum Gasteiger partial charge on any atom is 0.182 e. The summed E-state index contributed by atoms with van der Waals surface area (Å²) in [6, 6.07) is 13.0. The van der Waals surface area contributed by atoms with Crippen LogP contribution in [0.4, 0.5) is 5.82 Å². The van der Waals surface area contributed by atoms with Crippen molar-refractivity contribution in [1.29, 1.82) is 0 Å². The van der Waals surface area contributed by atoms with E-state index in [1.807, 2.05) is 36.4 Å². The fourth-order valence-electron chi connectivity index (χ4n) is 2.87. The molecule has 0 aliphatic heterocycles. The van der Waals surface area contributed by atoms with Gasteiger partial charge in [-0.3, -0.25) is 0 Å². The summed E-state index contributed by atoms with van der Waals surface area (Å²) < 4.78 is 0. The molecule has 3 aromatic heterocycles. The summed E-state index contributed by atoms with van der Waals surface area (Å²) in [4.78, 5) is 21.3. The number of anilines is 1. The smallest absolute Gasteiger partial charge is 0.182 e. The molecule has 1 atom stereocenters. The van der Waals surface area contributed by atoms with Crippen LogP contribution in [0, 0.1) is 18.8 Å². The van der Waals surface area contributed by atoms with Crippen LogP contribution in [0.3, 0.4) is 0 Å². The van der Waals surface area contributed by atoms with Crippen molar-refractivity contribution >= 4 is 30.3 Å². The molecule has 0 aliphatic rings. The van der Waals surface area contributed by atoms with Crippen LogP contribution in [0.2, 0.25) is 0 Å². The lowest BCUT2D eigenvalue weighted by atomic mass is 10.0. The van der Waals surface area contributed by atoms with Gasteiger partial charge in [0.15, 0.2) is 17.2 Å². The van der Waals surface area contributed by atoms with Gasteiger partial charge in [0.05, 0.1) is 11.2 Å². The molecule has 0 radical (unpaired) electrons. The van der Waals surface area contributed by atoms with Gasteiger partial charge in [0.1, 0.15) is 11.3 Å². The second-order valence-electron chi connectivity index (χ2n) is 6.70. The Balaban J connectivity index is 0.00000256. The first-order chi connectivity index (χ1) is 13.9. The standard InChI is InChI=1S/C22H18N6O.H2S/c1-14-26-18-8-7-17(28-19(18)20(23)27-14)16-6-3-5-15(13-16)9-10-22(2,29)21-24-11-4-12-25-21;/h3-8,11-13,29H,1-2H3,(H2,23,26,27);1H2/t22-;/m0./s1. The van der Waals surface area contributed by atoms with E-state index < -0.39 is 5.60 Å². The van der Waals surface area contributed by atoms with Crippen molar-refractivity contribution in [3.63, 3.8) is 0 Å². The number of nitrogen functional groups attached to an aromatic ring is 1. The minimum absolute atomic E-state index is 0. The minimum atomic E-state index is -1.46. The third-order valence-corrected chi connectivity index (χ3v) is 4.29. The Kier molecular flexibility index (Phi) is 5.96. The zero-order chi connectivity index (χ0) is 20.4. The summed E-state index contributed by atoms with van der Waals surface area (Å²) in [7, 11) is 0. The number of aryl methyl sites for hydroxylation is 1. The topological polar surface area (TPSA) is 111 Å². The van der Waals surface area contributed by atoms with E-state index in [1.54, 1.807) is 32.3 Å². The molecule has 0 spiro atoms. The second kappa shape index (κ2) is 8.45. The zero-order valence-corrected chi connectivity index (χ0v) is 17.5. The van der Waals surface area contributed by atoms with Gasteiger partial charge in [-0.25, -0.2) is 24.9 Å². The number of fused-ring (bicyclic) bond motifs is 1. The van der Waals surface area contributed by atoms with E-state index in [4.69, 9.17) is 5.73 Å². The third kappa shape index (κ3) is 4.38. The van der Waals surface area contributed by atoms with Crippen LogP contribution < -0.4 is 5.73 Å². The number of aliphatic hydroxyl groups is 1. The van der Waals surface area contributed by atoms with E-state index in [-0.39, 0.29) is 19.3 Å². The van der Waals surface area contributed by atoms with Crippen LogP contribution >= 0.6 is 13.5 Å². The second-order valence-corrected chi connectivity index (χ2v) is 6.70. The number of aromatic nitrogens is 5. The predicted octanol–water partition coefficient (Wildman–Crippen LogP) is 2.74. The average molecular weight is 417 g/mol. The Labute approximate surface area is 180 Å². The maximum absolute atomic E-state index is 10.6. The molecule has 0 amide bonds. The third-order valence-electron chi connectivity index (χ3n) is 4.29. The number of nitrogens with two attached hydrogens (primary N) is 1. The molecule has 0 saturated carbocycles.